The van der Waals surface area contributed by atoms with Crippen LogP contribution in [0.3, 0.4) is 0 Å². The molecule has 0 aliphatic carbocycles. The average Bonchev–Trinajstić information content (AvgIpc) is 2.61. The number of ether oxygens (including phenoxy) is 1. The molecule has 0 radical (unpaired) electrons. The Labute approximate surface area is 136 Å². The molecule has 0 spiro atoms. The van der Waals surface area contributed by atoms with Crippen molar-refractivity contribution < 1.29 is 9.84 Å². The first-order valence-corrected chi connectivity index (χ1v) is 8.70. The van der Waals surface area contributed by atoms with Crippen LogP contribution in [0.25, 0.3) is 10.9 Å². The first-order valence-electron chi connectivity index (χ1n) is 8.70. The van der Waals surface area contributed by atoms with Crippen molar-refractivity contribution in [2.24, 2.45) is 5.92 Å². The third-order valence-corrected chi connectivity index (χ3v) is 6.35. The molecule has 5 aliphatic rings. The number of phenols is 1. The SMILES string of the molecule is CCC12CN3CC[C@H]1C[C@@H]3[C@H](c1ccnc3ccc(O)cc13)O2. The third kappa shape index (κ3) is 1.82. The summed E-state index contributed by atoms with van der Waals surface area (Å²) in [7, 11) is 0. The molecule has 5 saturated heterocycles. The Balaban J connectivity index is 1.64. The molecule has 4 heteroatoms. The van der Waals surface area contributed by atoms with E-state index in [2.05, 4.69) is 22.9 Å². The Morgan fingerprint density at radius 3 is 3.09 bits per heavy atom. The van der Waals surface area contributed by atoms with Crippen molar-refractivity contribution >= 4 is 10.9 Å². The molecule has 0 saturated carbocycles. The molecule has 1 N–H and O–H groups in total. The number of aromatic hydroxyl groups is 1. The zero-order valence-corrected chi connectivity index (χ0v) is 13.4. The lowest BCUT2D eigenvalue weighted by Gasteiger charge is -2.64. The summed E-state index contributed by atoms with van der Waals surface area (Å²) in [5.41, 5.74) is 2.12. The van der Waals surface area contributed by atoms with Crippen LogP contribution in [0.2, 0.25) is 0 Å². The van der Waals surface area contributed by atoms with Gasteiger partial charge in [0.2, 0.25) is 0 Å². The summed E-state index contributed by atoms with van der Waals surface area (Å²) in [6.45, 7) is 4.55. The van der Waals surface area contributed by atoms with Gasteiger partial charge >= 0.3 is 0 Å². The van der Waals surface area contributed by atoms with Crippen molar-refractivity contribution in [1.82, 2.24) is 9.88 Å². The minimum atomic E-state index is 0.0179. The number of benzene rings is 1. The van der Waals surface area contributed by atoms with Crippen molar-refractivity contribution in [3.8, 4) is 5.75 Å². The van der Waals surface area contributed by atoms with Crippen LogP contribution in [0.1, 0.15) is 37.9 Å². The summed E-state index contributed by atoms with van der Waals surface area (Å²) in [5, 5.41) is 10.9. The van der Waals surface area contributed by atoms with E-state index < -0.39 is 0 Å². The number of piperidine rings is 3. The number of pyridine rings is 1. The van der Waals surface area contributed by atoms with Crippen LogP contribution in [0.4, 0.5) is 0 Å². The summed E-state index contributed by atoms with van der Waals surface area (Å²) in [5.74, 6) is 1.00. The molecule has 5 aliphatic heterocycles. The van der Waals surface area contributed by atoms with Gasteiger partial charge in [-0.3, -0.25) is 9.88 Å². The molecule has 7 rings (SSSR count). The number of nitrogens with zero attached hydrogens (tertiary/aromatic N) is 2. The topological polar surface area (TPSA) is 45.6 Å². The second kappa shape index (κ2) is 4.68. The molecule has 0 amide bonds. The Bertz CT molecular complexity index is 777. The highest BCUT2D eigenvalue weighted by molar-refractivity contribution is 5.83. The molecule has 4 bridgehead atoms. The first-order chi connectivity index (χ1) is 11.2. The van der Waals surface area contributed by atoms with E-state index in [-0.39, 0.29) is 11.7 Å². The van der Waals surface area contributed by atoms with E-state index >= 15 is 0 Å². The minimum Gasteiger partial charge on any atom is -0.508 e. The predicted molar refractivity (Wildman–Crippen MR) is 88.3 cm³/mol. The highest BCUT2D eigenvalue weighted by atomic mass is 16.5. The number of rotatable bonds is 2. The maximum absolute atomic E-state index is 9.91. The highest BCUT2D eigenvalue weighted by Gasteiger charge is 2.58. The normalized spacial score (nSPS) is 38.3. The van der Waals surface area contributed by atoms with Crippen molar-refractivity contribution in [1.29, 1.82) is 0 Å². The molecule has 6 heterocycles. The Kier molecular flexibility index (Phi) is 2.80. The molecule has 4 nitrogen and oxygen atoms in total. The van der Waals surface area contributed by atoms with Crippen molar-refractivity contribution in [3.63, 3.8) is 0 Å². The highest BCUT2D eigenvalue weighted by Crippen LogP contribution is 2.54. The monoisotopic (exact) mass is 310 g/mol. The number of aromatic nitrogens is 1. The third-order valence-electron chi connectivity index (χ3n) is 6.35. The minimum absolute atomic E-state index is 0.0179. The van der Waals surface area contributed by atoms with Crippen molar-refractivity contribution in [2.45, 2.75) is 43.9 Å². The van der Waals surface area contributed by atoms with Gasteiger partial charge in [-0.1, -0.05) is 6.92 Å². The molecule has 5 atom stereocenters. The van der Waals surface area contributed by atoms with E-state index in [9.17, 15) is 5.11 Å². The summed E-state index contributed by atoms with van der Waals surface area (Å²) in [6, 6.07) is 7.96. The van der Waals surface area contributed by atoms with E-state index in [0.29, 0.717) is 17.7 Å². The smallest absolute Gasteiger partial charge is 0.116 e. The fourth-order valence-electron chi connectivity index (χ4n) is 5.13. The van der Waals surface area contributed by atoms with Crippen molar-refractivity contribution in [2.75, 3.05) is 13.1 Å². The fourth-order valence-corrected chi connectivity index (χ4v) is 5.13. The zero-order valence-electron chi connectivity index (χ0n) is 13.4. The fraction of sp³-hybridized carbons (Fsp3) is 0.526. The molecule has 1 aromatic heterocycles. The molecule has 1 aromatic carbocycles. The molecular weight excluding hydrogens is 288 g/mol. The molecule has 5 fully saturated rings. The average molecular weight is 310 g/mol. The van der Waals surface area contributed by atoms with E-state index in [1.165, 1.54) is 24.9 Å². The second-order valence-electron chi connectivity index (χ2n) is 7.32. The number of hydrogen-bond donors (Lipinski definition) is 1. The van der Waals surface area contributed by atoms with Gasteiger partial charge in [0.15, 0.2) is 0 Å². The van der Waals surface area contributed by atoms with E-state index in [4.69, 9.17) is 4.74 Å². The number of phenolic OH excluding ortho intramolecular Hbond substituents is 1. The van der Waals surface area contributed by atoms with Crippen LogP contribution in [0.5, 0.6) is 5.75 Å². The van der Waals surface area contributed by atoms with Gasteiger partial charge in [-0.2, -0.15) is 0 Å². The van der Waals surface area contributed by atoms with Gasteiger partial charge in [-0.05, 0) is 61.6 Å². The first kappa shape index (κ1) is 13.8. The van der Waals surface area contributed by atoms with E-state index in [1.54, 1.807) is 6.07 Å². The van der Waals surface area contributed by atoms with Crippen molar-refractivity contribution in [3.05, 3.63) is 36.0 Å². The van der Waals surface area contributed by atoms with Gasteiger partial charge < -0.3 is 9.84 Å². The van der Waals surface area contributed by atoms with Crippen LogP contribution < -0.4 is 0 Å². The number of hydrogen-bond acceptors (Lipinski definition) is 4. The lowest BCUT2D eigenvalue weighted by molar-refractivity contribution is -0.274. The molecule has 120 valence electrons. The van der Waals surface area contributed by atoms with Gasteiger partial charge in [0.05, 0.1) is 17.2 Å². The van der Waals surface area contributed by atoms with E-state index in [0.717, 1.165) is 23.9 Å². The second-order valence-corrected chi connectivity index (χ2v) is 7.32. The van der Waals surface area contributed by atoms with Gasteiger partial charge in [-0.15, -0.1) is 0 Å². The Hall–Kier alpha value is -1.65. The molecule has 23 heavy (non-hydrogen) atoms. The number of morpholine rings is 1. The maximum atomic E-state index is 9.91. The molecule has 2 unspecified atom stereocenters. The summed E-state index contributed by atoms with van der Waals surface area (Å²) in [4.78, 5) is 7.08. The van der Waals surface area contributed by atoms with Gasteiger partial charge in [0.1, 0.15) is 5.75 Å². The molecule has 2 aromatic rings. The number of fused-ring (bicyclic) bond motifs is 3. The van der Waals surface area contributed by atoms with Crippen LogP contribution in [-0.2, 0) is 4.74 Å². The maximum Gasteiger partial charge on any atom is 0.116 e. The van der Waals surface area contributed by atoms with Gasteiger partial charge in [0, 0.05) is 24.2 Å². The van der Waals surface area contributed by atoms with Crippen LogP contribution in [0, 0.1) is 5.92 Å². The quantitative estimate of drug-likeness (QED) is 0.925. The summed E-state index contributed by atoms with van der Waals surface area (Å²) < 4.78 is 6.74. The van der Waals surface area contributed by atoms with Crippen LogP contribution in [0.15, 0.2) is 30.5 Å². The van der Waals surface area contributed by atoms with E-state index in [1.807, 2.05) is 18.3 Å². The lowest BCUT2D eigenvalue weighted by Crippen LogP contribution is -2.70. The van der Waals surface area contributed by atoms with Gasteiger partial charge in [-0.25, -0.2) is 0 Å². The Morgan fingerprint density at radius 1 is 1.39 bits per heavy atom. The van der Waals surface area contributed by atoms with Crippen LogP contribution >= 0.6 is 0 Å². The lowest BCUT2D eigenvalue weighted by atomic mass is 9.66. The predicted octanol–water partition coefficient (Wildman–Crippen LogP) is 3.25. The molecular formula is C19H22N2O2. The summed E-state index contributed by atoms with van der Waals surface area (Å²) in [6.07, 6.45) is 5.54. The largest absolute Gasteiger partial charge is 0.508 e. The summed E-state index contributed by atoms with van der Waals surface area (Å²) >= 11 is 0. The zero-order chi connectivity index (χ0) is 15.6. The standard InChI is InChI=1S/C19H22N2O2/c1-2-19-11-21-8-6-12(19)9-17(21)18(23-19)14-5-7-20-16-4-3-13(22)10-15(14)16/h3-5,7,10,12,17-18,22H,2,6,8-9,11H2,1H3/t12-,17+,18-,19?/m0/s1. The Morgan fingerprint density at radius 2 is 2.30 bits per heavy atom. The van der Waals surface area contributed by atoms with Crippen LogP contribution in [-0.4, -0.2) is 39.7 Å². The van der Waals surface area contributed by atoms with Gasteiger partial charge in [0.25, 0.3) is 0 Å².